The molecular formula is C16H25NO3S. The van der Waals surface area contributed by atoms with Crippen LogP contribution in [0, 0.1) is 12.8 Å². The maximum atomic E-state index is 12.2. The summed E-state index contributed by atoms with van der Waals surface area (Å²) < 4.78 is 24.5. The van der Waals surface area contributed by atoms with Gasteiger partial charge in [-0.15, -0.1) is 0 Å². The van der Waals surface area contributed by atoms with Crippen molar-refractivity contribution >= 4 is 9.84 Å². The van der Waals surface area contributed by atoms with E-state index in [9.17, 15) is 13.5 Å². The number of likely N-dealkylation sites (tertiary alicyclic amines) is 1. The Hall–Kier alpha value is -0.910. The molecule has 1 aliphatic heterocycles. The van der Waals surface area contributed by atoms with E-state index in [-0.39, 0.29) is 11.9 Å². The molecule has 0 bridgehead atoms. The fourth-order valence-corrected chi connectivity index (χ4v) is 3.95. The van der Waals surface area contributed by atoms with Crippen LogP contribution in [0.3, 0.4) is 0 Å². The third-order valence-corrected chi connectivity index (χ3v) is 6.09. The number of piperidine rings is 1. The molecule has 2 rings (SSSR count). The minimum atomic E-state index is -3.19. The SMILES string of the molecule is Cc1ccc(S(=O)(=O)CCCN2CC[C@H](C)[C@H](O)C2)cc1. The van der Waals surface area contributed by atoms with E-state index in [0.29, 0.717) is 23.8 Å². The highest BCUT2D eigenvalue weighted by atomic mass is 32.2. The summed E-state index contributed by atoms with van der Waals surface area (Å²) in [5.74, 6) is 0.510. The second kappa shape index (κ2) is 6.90. The predicted molar refractivity (Wildman–Crippen MR) is 84.1 cm³/mol. The summed E-state index contributed by atoms with van der Waals surface area (Å²) in [6.07, 6.45) is 1.30. The first-order valence-corrected chi connectivity index (χ1v) is 9.23. The maximum absolute atomic E-state index is 12.2. The van der Waals surface area contributed by atoms with E-state index in [4.69, 9.17) is 0 Å². The summed E-state index contributed by atoms with van der Waals surface area (Å²) in [5, 5.41) is 9.85. The molecule has 1 aromatic rings. The first-order chi connectivity index (χ1) is 9.88. The molecule has 1 fully saturated rings. The van der Waals surface area contributed by atoms with Crippen LogP contribution in [-0.4, -0.2) is 49.9 Å². The molecule has 2 atom stereocenters. The number of hydrogen-bond acceptors (Lipinski definition) is 4. The molecule has 0 radical (unpaired) electrons. The van der Waals surface area contributed by atoms with E-state index < -0.39 is 9.84 Å². The number of aliphatic hydroxyl groups is 1. The van der Waals surface area contributed by atoms with Gasteiger partial charge < -0.3 is 10.0 Å². The average Bonchev–Trinajstić information content (AvgIpc) is 2.43. The van der Waals surface area contributed by atoms with Gasteiger partial charge in [0.05, 0.1) is 16.8 Å². The lowest BCUT2D eigenvalue weighted by Gasteiger charge is -2.34. The average molecular weight is 311 g/mol. The Labute approximate surface area is 127 Å². The van der Waals surface area contributed by atoms with Crippen molar-refractivity contribution in [3.8, 4) is 0 Å². The number of sulfone groups is 1. The van der Waals surface area contributed by atoms with Crippen molar-refractivity contribution in [1.29, 1.82) is 0 Å². The van der Waals surface area contributed by atoms with Gasteiger partial charge in [-0.25, -0.2) is 8.42 Å². The van der Waals surface area contributed by atoms with Crippen molar-refractivity contribution in [3.05, 3.63) is 29.8 Å². The van der Waals surface area contributed by atoms with Crippen LogP contribution in [0.15, 0.2) is 29.2 Å². The number of rotatable bonds is 5. The molecular weight excluding hydrogens is 286 g/mol. The summed E-state index contributed by atoms with van der Waals surface area (Å²) in [6.45, 7) is 6.34. The largest absolute Gasteiger partial charge is 0.392 e. The number of nitrogens with zero attached hydrogens (tertiary/aromatic N) is 1. The zero-order valence-electron chi connectivity index (χ0n) is 12.8. The normalized spacial score (nSPS) is 24.1. The Morgan fingerprint density at radius 1 is 1.29 bits per heavy atom. The first kappa shape index (κ1) is 16.5. The summed E-state index contributed by atoms with van der Waals surface area (Å²) in [6, 6.07) is 7.01. The van der Waals surface area contributed by atoms with Crippen LogP contribution in [-0.2, 0) is 9.84 Å². The number of hydrogen-bond donors (Lipinski definition) is 1. The minimum absolute atomic E-state index is 0.165. The lowest BCUT2D eigenvalue weighted by atomic mass is 9.96. The van der Waals surface area contributed by atoms with E-state index in [2.05, 4.69) is 11.8 Å². The van der Waals surface area contributed by atoms with Crippen LogP contribution >= 0.6 is 0 Å². The van der Waals surface area contributed by atoms with E-state index in [1.54, 1.807) is 12.1 Å². The van der Waals surface area contributed by atoms with E-state index in [1.807, 2.05) is 19.1 Å². The molecule has 5 heteroatoms. The van der Waals surface area contributed by atoms with Crippen molar-refractivity contribution in [3.63, 3.8) is 0 Å². The fraction of sp³-hybridized carbons (Fsp3) is 0.625. The van der Waals surface area contributed by atoms with Gasteiger partial charge in [-0.3, -0.25) is 0 Å². The quantitative estimate of drug-likeness (QED) is 0.902. The van der Waals surface area contributed by atoms with Gasteiger partial charge in [-0.05, 0) is 50.9 Å². The maximum Gasteiger partial charge on any atom is 0.178 e. The second-order valence-electron chi connectivity index (χ2n) is 6.12. The van der Waals surface area contributed by atoms with Crippen LogP contribution in [0.1, 0.15) is 25.3 Å². The van der Waals surface area contributed by atoms with Gasteiger partial charge >= 0.3 is 0 Å². The molecule has 0 unspecified atom stereocenters. The monoisotopic (exact) mass is 311 g/mol. The summed E-state index contributed by atoms with van der Waals surface area (Å²) in [4.78, 5) is 2.57. The summed E-state index contributed by atoms with van der Waals surface area (Å²) >= 11 is 0. The third-order valence-electron chi connectivity index (χ3n) is 4.27. The molecule has 1 aliphatic rings. The van der Waals surface area contributed by atoms with Gasteiger partial charge in [0.15, 0.2) is 9.84 Å². The minimum Gasteiger partial charge on any atom is -0.392 e. The van der Waals surface area contributed by atoms with Gasteiger partial charge in [0, 0.05) is 6.54 Å². The molecule has 1 N–H and O–H groups in total. The molecule has 21 heavy (non-hydrogen) atoms. The van der Waals surface area contributed by atoms with Crippen LogP contribution in [0.5, 0.6) is 0 Å². The molecule has 1 heterocycles. The van der Waals surface area contributed by atoms with Gasteiger partial charge in [0.2, 0.25) is 0 Å². The summed E-state index contributed by atoms with van der Waals surface area (Å²) in [5.41, 5.74) is 1.06. The lowest BCUT2D eigenvalue weighted by Crippen LogP contribution is -2.43. The third kappa shape index (κ3) is 4.53. The summed E-state index contributed by atoms with van der Waals surface area (Å²) in [7, 11) is -3.19. The van der Waals surface area contributed by atoms with Crippen molar-refractivity contribution in [1.82, 2.24) is 4.90 Å². The first-order valence-electron chi connectivity index (χ1n) is 7.58. The lowest BCUT2D eigenvalue weighted by molar-refractivity contribution is 0.0295. The van der Waals surface area contributed by atoms with Crippen LogP contribution in [0.4, 0.5) is 0 Å². The van der Waals surface area contributed by atoms with Gasteiger partial charge in [0.1, 0.15) is 0 Å². The Kier molecular flexibility index (Phi) is 5.41. The molecule has 0 aliphatic carbocycles. The zero-order chi connectivity index (χ0) is 15.5. The Morgan fingerprint density at radius 3 is 2.57 bits per heavy atom. The molecule has 4 nitrogen and oxygen atoms in total. The van der Waals surface area contributed by atoms with E-state index in [1.165, 1.54) is 0 Å². The zero-order valence-corrected chi connectivity index (χ0v) is 13.6. The van der Waals surface area contributed by atoms with Crippen LogP contribution in [0.25, 0.3) is 0 Å². The van der Waals surface area contributed by atoms with Crippen molar-refractivity contribution in [2.45, 2.75) is 37.7 Å². The topological polar surface area (TPSA) is 57.6 Å². The molecule has 0 aromatic heterocycles. The smallest absolute Gasteiger partial charge is 0.178 e. The molecule has 0 spiro atoms. The highest BCUT2D eigenvalue weighted by Crippen LogP contribution is 2.18. The molecule has 0 amide bonds. The number of aliphatic hydroxyl groups excluding tert-OH is 1. The van der Waals surface area contributed by atoms with Crippen molar-refractivity contribution in [2.24, 2.45) is 5.92 Å². The fourth-order valence-electron chi connectivity index (χ4n) is 2.66. The molecule has 0 saturated carbocycles. The number of benzene rings is 1. The standard InChI is InChI=1S/C16H25NO3S/c1-13-4-6-15(7-5-13)21(19,20)11-3-9-17-10-8-14(2)16(18)12-17/h4-7,14,16,18H,3,8-12H2,1-2H3/t14-,16+/m0/s1. The Balaban J connectivity index is 1.84. The number of aryl methyl sites for hydroxylation is 1. The van der Waals surface area contributed by atoms with Crippen LogP contribution in [0.2, 0.25) is 0 Å². The van der Waals surface area contributed by atoms with Gasteiger partial charge in [0.25, 0.3) is 0 Å². The Morgan fingerprint density at radius 2 is 1.95 bits per heavy atom. The Bertz CT molecular complexity index is 553. The highest BCUT2D eigenvalue weighted by molar-refractivity contribution is 7.91. The second-order valence-corrected chi connectivity index (χ2v) is 8.23. The highest BCUT2D eigenvalue weighted by Gasteiger charge is 2.24. The number of β-amino-alcohol motifs (C(OH)–C–C–N with tert-alkyl or cyclic N) is 1. The van der Waals surface area contributed by atoms with Crippen LogP contribution < -0.4 is 0 Å². The molecule has 118 valence electrons. The van der Waals surface area contributed by atoms with Crippen molar-refractivity contribution in [2.75, 3.05) is 25.4 Å². The predicted octanol–water partition coefficient (Wildman–Crippen LogP) is 1.86. The molecule has 1 aromatic carbocycles. The van der Waals surface area contributed by atoms with E-state index in [0.717, 1.165) is 25.1 Å². The van der Waals surface area contributed by atoms with E-state index >= 15 is 0 Å². The van der Waals surface area contributed by atoms with Gasteiger partial charge in [-0.2, -0.15) is 0 Å². The molecule has 1 saturated heterocycles. The van der Waals surface area contributed by atoms with Crippen molar-refractivity contribution < 1.29 is 13.5 Å². The van der Waals surface area contributed by atoms with Gasteiger partial charge in [-0.1, -0.05) is 24.6 Å².